The normalized spacial score (nSPS) is 23.5. The molecular formula is C18H29N5O. The zero-order valence-electron chi connectivity index (χ0n) is 14.9. The summed E-state index contributed by atoms with van der Waals surface area (Å²) in [6, 6.07) is 1.05. The van der Waals surface area contributed by atoms with Crippen LogP contribution in [0.15, 0.2) is 12.4 Å². The Morgan fingerprint density at radius 2 is 2.04 bits per heavy atom. The fourth-order valence-corrected chi connectivity index (χ4v) is 3.99. The molecule has 2 saturated heterocycles. The highest BCUT2D eigenvalue weighted by atomic mass is 16.1. The lowest BCUT2D eigenvalue weighted by Crippen LogP contribution is -2.44. The molecule has 2 aliphatic heterocycles. The number of nitrogens with one attached hydrogen (secondary N) is 1. The smallest absolute Gasteiger partial charge is 0.217 e. The number of piperidine rings is 1. The van der Waals surface area contributed by atoms with E-state index in [1.54, 1.807) is 6.20 Å². The number of rotatable bonds is 5. The van der Waals surface area contributed by atoms with Crippen LogP contribution in [0.1, 0.15) is 57.0 Å². The molecule has 6 nitrogen and oxygen atoms in total. The number of carbonyl (C=O) groups excluding carboxylic acids is 1. The van der Waals surface area contributed by atoms with Crippen molar-refractivity contribution in [2.75, 3.05) is 26.2 Å². The van der Waals surface area contributed by atoms with Gasteiger partial charge < -0.3 is 10.2 Å². The Balaban J connectivity index is 1.67. The van der Waals surface area contributed by atoms with Gasteiger partial charge in [-0.3, -0.25) is 19.7 Å². The Morgan fingerprint density at radius 3 is 2.75 bits per heavy atom. The molecule has 0 radical (unpaired) electrons. The van der Waals surface area contributed by atoms with Crippen molar-refractivity contribution in [1.82, 2.24) is 25.1 Å². The van der Waals surface area contributed by atoms with Crippen LogP contribution in [-0.4, -0.2) is 57.9 Å². The van der Waals surface area contributed by atoms with Crippen LogP contribution in [0.2, 0.25) is 0 Å². The summed E-state index contributed by atoms with van der Waals surface area (Å²) >= 11 is 0. The van der Waals surface area contributed by atoms with Crippen molar-refractivity contribution in [3.05, 3.63) is 23.8 Å². The molecule has 0 unspecified atom stereocenters. The van der Waals surface area contributed by atoms with E-state index in [1.807, 2.05) is 6.20 Å². The first-order valence-corrected chi connectivity index (χ1v) is 9.20. The number of aromatic nitrogens is 2. The lowest BCUT2D eigenvalue weighted by molar-refractivity contribution is -0.119. The quantitative estimate of drug-likeness (QED) is 0.890. The first kappa shape index (κ1) is 17.3. The van der Waals surface area contributed by atoms with E-state index < -0.39 is 0 Å². The molecule has 2 aliphatic rings. The highest BCUT2D eigenvalue weighted by molar-refractivity contribution is 5.72. The molecule has 6 heteroatoms. The zero-order valence-corrected chi connectivity index (χ0v) is 14.9. The third kappa shape index (κ3) is 4.11. The molecule has 24 heavy (non-hydrogen) atoms. The van der Waals surface area contributed by atoms with E-state index in [1.165, 1.54) is 45.8 Å². The fourth-order valence-electron chi connectivity index (χ4n) is 3.99. The molecular weight excluding hydrogens is 302 g/mol. The Morgan fingerprint density at radius 1 is 1.25 bits per heavy atom. The predicted octanol–water partition coefficient (Wildman–Crippen LogP) is 1.73. The van der Waals surface area contributed by atoms with E-state index in [2.05, 4.69) is 27.0 Å². The van der Waals surface area contributed by atoms with Crippen LogP contribution in [0.4, 0.5) is 0 Å². The van der Waals surface area contributed by atoms with Gasteiger partial charge in [-0.2, -0.15) is 0 Å². The molecule has 1 aromatic heterocycles. The molecule has 1 aromatic rings. The molecule has 0 saturated carbocycles. The van der Waals surface area contributed by atoms with Crippen molar-refractivity contribution in [3.8, 4) is 0 Å². The number of amides is 1. The molecule has 3 heterocycles. The second-order valence-corrected chi connectivity index (χ2v) is 6.91. The minimum atomic E-state index is -0.0348. The van der Waals surface area contributed by atoms with Crippen LogP contribution in [0, 0.1) is 0 Å². The lowest BCUT2D eigenvalue weighted by atomic mass is 10.0. The van der Waals surface area contributed by atoms with Gasteiger partial charge in [0.15, 0.2) is 0 Å². The molecule has 1 atom stereocenters. The van der Waals surface area contributed by atoms with E-state index in [4.69, 9.17) is 4.98 Å². The van der Waals surface area contributed by atoms with Gasteiger partial charge in [0.2, 0.25) is 5.91 Å². The molecule has 0 aliphatic carbocycles. The highest BCUT2D eigenvalue weighted by Gasteiger charge is 2.34. The topological polar surface area (TPSA) is 61.4 Å². The van der Waals surface area contributed by atoms with Gasteiger partial charge in [-0.25, -0.2) is 0 Å². The van der Waals surface area contributed by atoms with Gasteiger partial charge >= 0.3 is 0 Å². The van der Waals surface area contributed by atoms with Crippen LogP contribution < -0.4 is 5.32 Å². The fraction of sp³-hybridized carbons (Fsp3) is 0.722. The molecule has 2 fully saturated rings. The number of hydrogen-bond acceptors (Lipinski definition) is 5. The maximum absolute atomic E-state index is 11.1. The summed E-state index contributed by atoms with van der Waals surface area (Å²) in [4.78, 5) is 25.4. The summed E-state index contributed by atoms with van der Waals surface area (Å²) in [6.07, 6.45) is 8.55. The Bertz CT molecular complexity index is 556. The SMILES string of the molecule is CCN1CCC(N2CCC[C@@H]2c2cncc(CNC(C)=O)n2)CC1. The monoisotopic (exact) mass is 331 g/mol. The molecule has 1 N–H and O–H groups in total. The van der Waals surface area contributed by atoms with Crippen LogP contribution in [0.25, 0.3) is 0 Å². The third-order valence-electron chi connectivity index (χ3n) is 5.33. The van der Waals surface area contributed by atoms with Crippen LogP contribution in [0.5, 0.6) is 0 Å². The van der Waals surface area contributed by atoms with E-state index >= 15 is 0 Å². The number of nitrogens with zero attached hydrogens (tertiary/aromatic N) is 4. The van der Waals surface area contributed by atoms with Crippen LogP contribution in [0.3, 0.4) is 0 Å². The zero-order chi connectivity index (χ0) is 16.9. The van der Waals surface area contributed by atoms with Crippen molar-refractivity contribution in [2.24, 2.45) is 0 Å². The van der Waals surface area contributed by atoms with Crippen molar-refractivity contribution >= 4 is 5.91 Å². The maximum atomic E-state index is 11.1. The van der Waals surface area contributed by atoms with Crippen LogP contribution >= 0.6 is 0 Å². The number of hydrogen-bond donors (Lipinski definition) is 1. The van der Waals surface area contributed by atoms with Gasteiger partial charge in [0.05, 0.1) is 36.4 Å². The summed E-state index contributed by atoms with van der Waals surface area (Å²) in [5.74, 6) is -0.0348. The molecule has 0 aromatic carbocycles. The Kier molecular flexibility index (Phi) is 5.79. The average molecular weight is 331 g/mol. The van der Waals surface area contributed by atoms with Gasteiger partial charge in [0, 0.05) is 13.0 Å². The molecule has 132 valence electrons. The minimum absolute atomic E-state index is 0.0348. The van der Waals surface area contributed by atoms with Crippen LogP contribution in [-0.2, 0) is 11.3 Å². The standard InChI is InChI=1S/C18H29N5O/c1-3-22-9-6-16(7-10-22)23-8-4-5-18(23)17-13-19-11-15(21-17)12-20-14(2)24/h11,13,16,18H,3-10,12H2,1-2H3,(H,20,24)/t18-/m1/s1. The molecule has 0 spiro atoms. The van der Waals surface area contributed by atoms with E-state index in [-0.39, 0.29) is 5.91 Å². The van der Waals surface area contributed by atoms with Gasteiger partial charge in [-0.15, -0.1) is 0 Å². The first-order chi connectivity index (χ1) is 11.7. The summed E-state index contributed by atoms with van der Waals surface area (Å²) in [6.45, 7) is 8.97. The molecule has 1 amide bonds. The average Bonchev–Trinajstić information content (AvgIpc) is 3.10. The first-order valence-electron chi connectivity index (χ1n) is 9.20. The second kappa shape index (κ2) is 8.03. The van der Waals surface area contributed by atoms with Gasteiger partial charge in [0.1, 0.15) is 0 Å². The maximum Gasteiger partial charge on any atom is 0.217 e. The van der Waals surface area contributed by atoms with E-state index in [0.717, 1.165) is 24.4 Å². The highest BCUT2D eigenvalue weighted by Crippen LogP contribution is 2.35. The van der Waals surface area contributed by atoms with E-state index in [0.29, 0.717) is 18.6 Å². The second-order valence-electron chi connectivity index (χ2n) is 6.91. The third-order valence-corrected chi connectivity index (χ3v) is 5.33. The largest absolute Gasteiger partial charge is 0.351 e. The Labute approximate surface area is 144 Å². The van der Waals surface area contributed by atoms with Gasteiger partial charge in [0.25, 0.3) is 0 Å². The van der Waals surface area contributed by atoms with Crippen molar-refractivity contribution in [1.29, 1.82) is 0 Å². The predicted molar refractivity (Wildman–Crippen MR) is 93.4 cm³/mol. The molecule has 3 rings (SSSR count). The summed E-state index contributed by atoms with van der Waals surface area (Å²) in [7, 11) is 0. The van der Waals surface area contributed by atoms with Gasteiger partial charge in [-0.1, -0.05) is 6.92 Å². The van der Waals surface area contributed by atoms with Crippen molar-refractivity contribution < 1.29 is 4.79 Å². The molecule has 0 bridgehead atoms. The Hall–Kier alpha value is -1.53. The lowest BCUT2D eigenvalue weighted by Gasteiger charge is -2.39. The van der Waals surface area contributed by atoms with Crippen molar-refractivity contribution in [2.45, 2.75) is 58.2 Å². The summed E-state index contributed by atoms with van der Waals surface area (Å²) < 4.78 is 0. The minimum Gasteiger partial charge on any atom is -0.351 e. The number of carbonyl (C=O) groups is 1. The summed E-state index contributed by atoms with van der Waals surface area (Å²) in [5.41, 5.74) is 1.91. The van der Waals surface area contributed by atoms with Gasteiger partial charge in [-0.05, 0) is 51.9 Å². The summed E-state index contributed by atoms with van der Waals surface area (Å²) in [5, 5.41) is 2.80. The number of likely N-dealkylation sites (tertiary alicyclic amines) is 2. The van der Waals surface area contributed by atoms with Crippen molar-refractivity contribution in [3.63, 3.8) is 0 Å². The van der Waals surface area contributed by atoms with E-state index in [9.17, 15) is 4.79 Å².